The molecule has 1 heterocycles. The zero-order chi connectivity index (χ0) is 17.6. The van der Waals surface area contributed by atoms with E-state index in [2.05, 4.69) is 0 Å². The number of hydrogen-bond acceptors (Lipinski definition) is 4. The van der Waals surface area contributed by atoms with Gasteiger partial charge in [-0.3, -0.25) is 4.79 Å². The van der Waals surface area contributed by atoms with Gasteiger partial charge in [0, 0.05) is 12.0 Å². The molecule has 0 aromatic heterocycles. The van der Waals surface area contributed by atoms with Crippen molar-refractivity contribution in [3.8, 4) is 0 Å². The fourth-order valence-electron chi connectivity index (χ4n) is 2.78. The number of hydrogen-bond donors (Lipinski definition) is 1. The van der Waals surface area contributed by atoms with Gasteiger partial charge in [-0.15, -0.1) is 0 Å². The summed E-state index contributed by atoms with van der Waals surface area (Å²) in [5.41, 5.74) is 7.69. The molecule has 1 aliphatic heterocycles. The Labute approximate surface area is 146 Å². The van der Waals surface area contributed by atoms with Crippen LogP contribution in [0.15, 0.2) is 66.4 Å². The van der Waals surface area contributed by atoms with Gasteiger partial charge in [-0.25, -0.2) is 4.79 Å². The highest BCUT2D eigenvalue weighted by Crippen LogP contribution is 2.35. The molecular weight excluding hydrogens is 318 g/mol. The molecule has 3 rings (SSSR count). The molecule has 1 aliphatic rings. The van der Waals surface area contributed by atoms with Crippen LogP contribution in [0, 0.1) is 0 Å². The van der Waals surface area contributed by atoms with Crippen molar-refractivity contribution in [3.63, 3.8) is 0 Å². The highest BCUT2D eigenvalue weighted by Gasteiger charge is 2.36. The summed E-state index contributed by atoms with van der Waals surface area (Å²) in [7, 11) is 0. The van der Waals surface area contributed by atoms with Gasteiger partial charge < -0.3 is 15.2 Å². The van der Waals surface area contributed by atoms with Crippen LogP contribution in [0.25, 0.3) is 5.57 Å². The van der Waals surface area contributed by atoms with Crippen LogP contribution in [0.3, 0.4) is 0 Å². The van der Waals surface area contributed by atoms with Crippen molar-refractivity contribution >= 4 is 17.4 Å². The molecular formula is C20H19NO4. The molecule has 2 N–H and O–H groups in total. The first-order valence-electron chi connectivity index (χ1n) is 8.10. The summed E-state index contributed by atoms with van der Waals surface area (Å²) in [5.74, 6) is -0.740. The Morgan fingerprint density at radius 2 is 1.68 bits per heavy atom. The van der Waals surface area contributed by atoms with Crippen LogP contribution in [0.5, 0.6) is 0 Å². The topological polar surface area (TPSA) is 78.6 Å². The fourth-order valence-corrected chi connectivity index (χ4v) is 2.78. The summed E-state index contributed by atoms with van der Waals surface area (Å²) in [6.07, 6.45) is -0.0582. The molecule has 5 nitrogen and oxygen atoms in total. The van der Waals surface area contributed by atoms with E-state index in [1.54, 1.807) is 0 Å². The quantitative estimate of drug-likeness (QED) is 0.788. The first-order valence-corrected chi connectivity index (χ1v) is 8.10. The van der Waals surface area contributed by atoms with E-state index < -0.39 is 18.0 Å². The lowest BCUT2D eigenvalue weighted by atomic mass is 9.97. The summed E-state index contributed by atoms with van der Waals surface area (Å²) in [6, 6.07) is 19.0. The molecule has 0 fully saturated rings. The number of nitrogens with two attached hydrogens (primary N) is 1. The average Bonchev–Trinajstić information content (AvgIpc) is 2.95. The standard InChI is InChI=1S/C20H19NO4/c21-17(22)12-11-16-18(15-9-5-2-6-10-15)19(20(23)25-16)24-13-14-7-3-1-4-8-14/h1-10,16H,11-13H2,(H2,21,22). The van der Waals surface area contributed by atoms with E-state index in [0.717, 1.165) is 11.1 Å². The lowest BCUT2D eigenvalue weighted by Crippen LogP contribution is -2.17. The van der Waals surface area contributed by atoms with Gasteiger partial charge >= 0.3 is 5.97 Å². The van der Waals surface area contributed by atoms with Crippen molar-refractivity contribution in [3.05, 3.63) is 77.5 Å². The van der Waals surface area contributed by atoms with Crippen LogP contribution in [-0.2, 0) is 25.7 Å². The third kappa shape index (κ3) is 4.07. The largest absolute Gasteiger partial charge is 0.481 e. The predicted octanol–water partition coefficient (Wildman–Crippen LogP) is 2.81. The predicted molar refractivity (Wildman–Crippen MR) is 92.9 cm³/mol. The summed E-state index contributed by atoms with van der Waals surface area (Å²) >= 11 is 0. The second-order valence-corrected chi connectivity index (χ2v) is 5.78. The van der Waals surface area contributed by atoms with Gasteiger partial charge in [0.2, 0.25) is 11.7 Å². The SMILES string of the molecule is NC(=O)CCC1OC(=O)C(OCc2ccccc2)=C1c1ccccc1. The number of rotatable bonds is 7. The van der Waals surface area contributed by atoms with E-state index in [4.69, 9.17) is 15.2 Å². The second kappa shape index (κ2) is 7.66. The van der Waals surface area contributed by atoms with Crippen LogP contribution in [0.2, 0.25) is 0 Å². The molecule has 0 bridgehead atoms. The first kappa shape index (κ1) is 16.8. The number of ether oxygens (including phenoxy) is 2. The van der Waals surface area contributed by atoms with E-state index in [1.807, 2.05) is 60.7 Å². The minimum absolute atomic E-state index is 0.139. The molecule has 0 spiro atoms. The molecule has 1 amide bonds. The van der Waals surface area contributed by atoms with Gasteiger partial charge in [0.15, 0.2) is 0 Å². The van der Waals surface area contributed by atoms with Crippen molar-refractivity contribution in [2.75, 3.05) is 0 Å². The normalized spacial score (nSPS) is 16.6. The van der Waals surface area contributed by atoms with Crippen LogP contribution < -0.4 is 5.73 Å². The maximum Gasteiger partial charge on any atom is 0.374 e. The maximum absolute atomic E-state index is 12.3. The molecule has 2 aromatic rings. The Balaban J connectivity index is 1.88. The molecule has 0 aliphatic carbocycles. The summed E-state index contributed by atoms with van der Waals surface area (Å²) in [4.78, 5) is 23.4. The Kier molecular flexibility index (Phi) is 5.14. The molecule has 0 saturated carbocycles. The summed E-state index contributed by atoms with van der Waals surface area (Å²) < 4.78 is 11.2. The van der Waals surface area contributed by atoms with Gasteiger partial charge in [0.05, 0.1) is 0 Å². The van der Waals surface area contributed by atoms with Gasteiger partial charge in [-0.1, -0.05) is 60.7 Å². The fraction of sp³-hybridized carbons (Fsp3) is 0.200. The summed E-state index contributed by atoms with van der Waals surface area (Å²) in [6.45, 7) is 0.268. The molecule has 1 atom stereocenters. The number of cyclic esters (lactones) is 1. The molecule has 0 radical (unpaired) electrons. The first-order chi connectivity index (χ1) is 12.1. The molecule has 128 valence electrons. The third-order valence-electron chi connectivity index (χ3n) is 3.97. The number of benzene rings is 2. The van der Waals surface area contributed by atoms with E-state index in [1.165, 1.54) is 0 Å². The van der Waals surface area contributed by atoms with Gasteiger partial charge in [-0.05, 0) is 17.5 Å². The minimum atomic E-state index is -0.534. The Morgan fingerprint density at radius 1 is 1.04 bits per heavy atom. The molecule has 2 aromatic carbocycles. The number of carbonyl (C=O) groups is 2. The van der Waals surface area contributed by atoms with Crippen LogP contribution >= 0.6 is 0 Å². The van der Waals surface area contributed by atoms with Gasteiger partial charge in [-0.2, -0.15) is 0 Å². The Hall–Kier alpha value is -3.08. The highest BCUT2D eigenvalue weighted by atomic mass is 16.6. The zero-order valence-corrected chi connectivity index (χ0v) is 13.7. The van der Waals surface area contributed by atoms with Crippen molar-refractivity contribution in [1.82, 2.24) is 0 Å². The second-order valence-electron chi connectivity index (χ2n) is 5.78. The molecule has 5 heteroatoms. The Morgan fingerprint density at radius 3 is 2.32 bits per heavy atom. The number of amides is 1. The monoisotopic (exact) mass is 337 g/mol. The van der Waals surface area contributed by atoms with Crippen LogP contribution in [0.4, 0.5) is 0 Å². The zero-order valence-electron chi connectivity index (χ0n) is 13.7. The van der Waals surface area contributed by atoms with Gasteiger partial charge in [0.1, 0.15) is 12.7 Å². The van der Waals surface area contributed by atoms with Crippen molar-refractivity contribution in [2.24, 2.45) is 5.73 Å². The maximum atomic E-state index is 12.3. The van der Waals surface area contributed by atoms with Crippen LogP contribution in [0.1, 0.15) is 24.0 Å². The van der Waals surface area contributed by atoms with Crippen molar-refractivity contribution < 1.29 is 19.1 Å². The molecule has 1 unspecified atom stereocenters. The highest BCUT2D eigenvalue weighted by molar-refractivity contribution is 6.01. The molecule has 0 saturated heterocycles. The lowest BCUT2D eigenvalue weighted by molar-refractivity contribution is -0.143. The van der Waals surface area contributed by atoms with Crippen LogP contribution in [-0.4, -0.2) is 18.0 Å². The Bertz CT molecular complexity index is 784. The number of carbonyl (C=O) groups excluding carboxylic acids is 2. The average molecular weight is 337 g/mol. The number of esters is 1. The summed E-state index contributed by atoms with van der Waals surface area (Å²) in [5, 5.41) is 0. The third-order valence-corrected chi connectivity index (χ3v) is 3.97. The minimum Gasteiger partial charge on any atom is -0.481 e. The van der Waals surface area contributed by atoms with E-state index in [9.17, 15) is 9.59 Å². The van der Waals surface area contributed by atoms with Crippen molar-refractivity contribution in [2.45, 2.75) is 25.6 Å². The number of primary amides is 1. The smallest absolute Gasteiger partial charge is 0.374 e. The lowest BCUT2D eigenvalue weighted by Gasteiger charge is -2.13. The van der Waals surface area contributed by atoms with Gasteiger partial charge in [0.25, 0.3) is 0 Å². The molecule has 25 heavy (non-hydrogen) atoms. The van der Waals surface area contributed by atoms with E-state index >= 15 is 0 Å². The van der Waals surface area contributed by atoms with E-state index in [-0.39, 0.29) is 18.8 Å². The van der Waals surface area contributed by atoms with E-state index in [0.29, 0.717) is 12.0 Å². The van der Waals surface area contributed by atoms with Crippen molar-refractivity contribution in [1.29, 1.82) is 0 Å².